The van der Waals surface area contributed by atoms with Crippen molar-refractivity contribution in [1.29, 1.82) is 0 Å². The number of hydrogen-bond donors (Lipinski definition) is 1. The van der Waals surface area contributed by atoms with Crippen molar-refractivity contribution in [3.8, 4) is 0 Å². The number of morpholine rings is 1. The van der Waals surface area contributed by atoms with E-state index in [9.17, 15) is 4.79 Å². The van der Waals surface area contributed by atoms with Crippen molar-refractivity contribution in [2.75, 3.05) is 19.7 Å². The van der Waals surface area contributed by atoms with Gasteiger partial charge in [-0.15, -0.1) is 0 Å². The molecule has 104 valence electrons. The lowest BCUT2D eigenvalue weighted by Gasteiger charge is -2.32. The van der Waals surface area contributed by atoms with Gasteiger partial charge in [-0.2, -0.15) is 0 Å². The van der Waals surface area contributed by atoms with E-state index in [1.165, 1.54) is 0 Å². The molecule has 2 rings (SSSR count). The first-order valence-electron chi connectivity index (χ1n) is 6.90. The summed E-state index contributed by atoms with van der Waals surface area (Å²) in [7, 11) is 0. The lowest BCUT2D eigenvalue weighted by atomic mass is 10.1. The standard InChI is InChI=1S/C15H22N2O2/c1-2-14-11-17(7-8-19-14)15(18)9-12-3-5-13(10-16)6-4-12/h3-6,14H,2,7-11,16H2,1H3. The highest BCUT2D eigenvalue weighted by molar-refractivity contribution is 5.78. The highest BCUT2D eigenvalue weighted by Crippen LogP contribution is 2.11. The number of carbonyl (C=O) groups is 1. The third-order valence-corrected chi connectivity index (χ3v) is 3.56. The summed E-state index contributed by atoms with van der Waals surface area (Å²) in [6.45, 7) is 4.70. The van der Waals surface area contributed by atoms with E-state index in [2.05, 4.69) is 6.92 Å². The Morgan fingerprint density at radius 2 is 2.05 bits per heavy atom. The lowest BCUT2D eigenvalue weighted by molar-refractivity contribution is -0.138. The van der Waals surface area contributed by atoms with E-state index in [-0.39, 0.29) is 12.0 Å². The molecule has 1 heterocycles. The van der Waals surface area contributed by atoms with Crippen LogP contribution in [0, 0.1) is 0 Å². The largest absolute Gasteiger partial charge is 0.375 e. The Balaban J connectivity index is 1.92. The molecule has 1 fully saturated rings. The van der Waals surface area contributed by atoms with Gasteiger partial charge >= 0.3 is 0 Å². The fourth-order valence-corrected chi connectivity index (χ4v) is 2.27. The average molecular weight is 262 g/mol. The van der Waals surface area contributed by atoms with Crippen molar-refractivity contribution in [3.63, 3.8) is 0 Å². The predicted octanol–water partition coefficient (Wildman–Crippen LogP) is 1.33. The van der Waals surface area contributed by atoms with Crippen molar-refractivity contribution in [2.45, 2.75) is 32.4 Å². The summed E-state index contributed by atoms with van der Waals surface area (Å²) in [5.74, 6) is 0.183. The Bertz CT molecular complexity index is 417. The zero-order valence-corrected chi connectivity index (χ0v) is 11.5. The van der Waals surface area contributed by atoms with E-state index in [1.54, 1.807) is 0 Å². The number of benzene rings is 1. The van der Waals surface area contributed by atoms with Gasteiger partial charge in [-0.1, -0.05) is 31.2 Å². The van der Waals surface area contributed by atoms with Crippen LogP contribution in [0.5, 0.6) is 0 Å². The van der Waals surface area contributed by atoms with Crippen molar-refractivity contribution in [2.24, 2.45) is 5.73 Å². The minimum atomic E-state index is 0.183. The van der Waals surface area contributed by atoms with Crippen LogP contribution in [-0.2, 0) is 22.5 Å². The normalized spacial score (nSPS) is 19.5. The SMILES string of the molecule is CCC1CN(C(=O)Cc2ccc(CN)cc2)CCO1. The van der Waals surface area contributed by atoms with Crippen molar-refractivity contribution in [3.05, 3.63) is 35.4 Å². The van der Waals surface area contributed by atoms with Gasteiger partial charge in [0.1, 0.15) is 0 Å². The molecule has 1 amide bonds. The van der Waals surface area contributed by atoms with Crippen LogP contribution in [0.25, 0.3) is 0 Å². The number of ether oxygens (including phenoxy) is 1. The highest BCUT2D eigenvalue weighted by atomic mass is 16.5. The Kier molecular flexibility index (Phi) is 4.93. The molecule has 0 spiro atoms. The number of hydrogen-bond acceptors (Lipinski definition) is 3. The molecule has 0 saturated carbocycles. The molecule has 1 aromatic rings. The topological polar surface area (TPSA) is 55.6 Å². The maximum atomic E-state index is 12.2. The minimum absolute atomic E-state index is 0.183. The molecular formula is C15H22N2O2. The Morgan fingerprint density at radius 3 is 2.68 bits per heavy atom. The molecule has 0 radical (unpaired) electrons. The number of nitrogens with zero attached hydrogens (tertiary/aromatic N) is 1. The third kappa shape index (κ3) is 3.78. The Morgan fingerprint density at radius 1 is 1.37 bits per heavy atom. The maximum Gasteiger partial charge on any atom is 0.227 e. The quantitative estimate of drug-likeness (QED) is 0.890. The van der Waals surface area contributed by atoms with Crippen LogP contribution in [0.1, 0.15) is 24.5 Å². The number of amides is 1. The van der Waals surface area contributed by atoms with Crippen LogP contribution in [-0.4, -0.2) is 36.6 Å². The minimum Gasteiger partial charge on any atom is -0.375 e. The van der Waals surface area contributed by atoms with Gasteiger partial charge in [0.05, 0.1) is 19.1 Å². The summed E-state index contributed by atoms with van der Waals surface area (Å²) in [6, 6.07) is 7.93. The molecule has 1 saturated heterocycles. The molecule has 4 heteroatoms. The monoisotopic (exact) mass is 262 g/mol. The first kappa shape index (κ1) is 14.0. The Labute approximate surface area is 114 Å². The van der Waals surface area contributed by atoms with Gasteiger partial charge in [0, 0.05) is 19.6 Å². The molecule has 1 atom stereocenters. The van der Waals surface area contributed by atoms with E-state index in [0.717, 1.165) is 24.1 Å². The second-order valence-electron chi connectivity index (χ2n) is 4.94. The average Bonchev–Trinajstić information content (AvgIpc) is 2.48. The fourth-order valence-electron chi connectivity index (χ4n) is 2.27. The molecule has 2 N–H and O–H groups in total. The molecule has 1 unspecified atom stereocenters. The Hall–Kier alpha value is -1.39. The smallest absolute Gasteiger partial charge is 0.227 e. The van der Waals surface area contributed by atoms with Gasteiger partial charge in [0.25, 0.3) is 0 Å². The van der Waals surface area contributed by atoms with Crippen LogP contribution in [0.15, 0.2) is 24.3 Å². The molecule has 1 aliphatic heterocycles. The summed E-state index contributed by atoms with van der Waals surface area (Å²) in [6.07, 6.45) is 1.60. The van der Waals surface area contributed by atoms with Gasteiger partial charge in [0.15, 0.2) is 0 Å². The summed E-state index contributed by atoms with van der Waals surface area (Å²) in [4.78, 5) is 14.1. The van der Waals surface area contributed by atoms with E-state index >= 15 is 0 Å². The predicted molar refractivity (Wildman–Crippen MR) is 74.6 cm³/mol. The van der Waals surface area contributed by atoms with Crippen LogP contribution in [0.4, 0.5) is 0 Å². The van der Waals surface area contributed by atoms with Gasteiger partial charge in [-0.05, 0) is 17.5 Å². The number of rotatable bonds is 4. The summed E-state index contributed by atoms with van der Waals surface area (Å²) in [5, 5.41) is 0. The third-order valence-electron chi connectivity index (χ3n) is 3.56. The molecule has 0 aliphatic carbocycles. The van der Waals surface area contributed by atoms with Crippen LogP contribution < -0.4 is 5.73 Å². The summed E-state index contributed by atoms with van der Waals surface area (Å²) < 4.78 is 5.58. The lowest BCUT2D eigenvalue weighted by Crippen LogP contribution is -2.45. The molecule has 0 bridgehead atoms. The van der Waals surface area contributed by atoms with Crippen molar-refractivity contribution in [1.82, 2.24) is 4.90 Å². The first-order chi connectivity index (χ1) is 9.22. The summed E-state index contributed by atoms with van der Waals surface area (Å²) >= 11 is 0. The van der Waals surface area contributed by atoms with Crippen molar-refractivity contribution >= 4 is 5.91 Å². The van der Waals surface area contributed by atoms with Crippen LogP contribution in [0.3, 0.4) is 0 Å². The molecule has 4 nitrogen and oxygen atoms in total. The second-order valence-corrected chi connectivity index (χ2v) is 4.94. The molecule has 1 aliphatic rings. The van der Waals surface area contributed by atoms with Crippen LogP contribution >= 0.6 is 0 Å². The van der Waals surface area contributed by atoms with Gasteiger partial charge < -0.3 is 15.4 Å². The van der Waals surface area contributed by atoms with E-state index in [4.69, 9.17) is 10.5 Å². The van der Waals surface area contributed by atoms with E-state index in [1.807, 2.05) is 29.2 Å². The zero-order valence-electron chi connectivity index (χ0n) is 11.5. The van der Waals surface area contributed by atoms with Crippen LogP contribution in [0.2, 0.25) is 0 Å². The first-order valence-corrected chi connectivity index (χ1v) is 6.90. The fraction of sp³-hybridized carbons (Fsp3) is 0.533. The molecular weight excluding hydrogens is 240 g/mol. The zero-order chi connectivity index (χ0) is 13.7. The molecule has 19 heavy (non-hydrogen) atoms. The summed E-state index contributed by atoms with van der Waals surface area (Å²) in [5.41, 5.74) is 7.69. The number of carbonyl (C=O) groups excluding carboxylic acids is 1. The number of nitrogens with two attached hydrogens (primary N) is 1. The molecule has 1 aromatic carbocycles. The molecule has 0 aromatic heterocycles. The van der Waals surface area contributed by atoms with Crippen molar-refractivity contribution < 1.29 is 9.53 Å². The second kappa shape index (κ2) is 6.68. The van der Waals surface area contributed by atoms with Gasteiger partial charge in [-0.3, -0.25) is 4.79 Å². The van der Waals surface area contributed by atoms with Gasteiger partial charge in [0.2, 0.25) is 5.91 Å². The highest BCUT2D eigenvalue weighted by Gasteiger charge is 2.22. The van der Waals surface area contributed by atoms with E-state index in [0.29, 0.717) is 26.1 Å². The maximum absolute atomic E-state index is 12.2. The van der Waals surface area contributed by atoms with Gasteiger partial charge in [-0.25, -0.2) is 0 Å². The van der Waals surface area contributed by atoms with E-state index < -0.39 is 0 Å².